The van der Waals surface area contributed by atoms with Crippen LogP contribution in [0.25, 0.3) is 0 Å². The Labute approximate surface area is 111 Å². The maximum Gasteiger partial charge on any atom is 0.0874 e. The lowest BCUT2D eigenvalue weighted by atomic mass is 10.1. The molecule has 6 heteroatoms. The van der Waals surface area contributed by atoms with Gasteiger partial charge in [0.2, 0.25) is 0 Å². The number of aromatic nitrogens is 4. The summed E-state index contributed by atoms with van der Waals surface area (Å²) in [6.07, 6.45) is 3.91. The predicted octanol–water partition coefficient (Wildman–Crippen LogP) is 2.02. The van der Waals surface area contributed by atoms with E-state index in [-0.39, 0.29) is 6.04 Å². The van der Waals surface area contributed by atoms with E-state index in [9.17, 15) is 0 Å². The van der Waals surface area contributed by atoms with Crippen molar-refractivity contribution in [1.29, 1.82) is 0 Å². The summed E-state index contributed by atoms with van der Waals surface area (Å²) in [6, 6.07) is 2.19. The van der Waals surface area contributed by atoms with Crippen LogP contribution in [0.2, 0.25) is 0 Å². The minimum Gasteiger partial charge on any atom is -0.307 e. The van der Waals surface area contributed by atoms with Crippen molar-refractivity contribution in [3.8, 4) is 0 Å². The molecule has 1 atom stereocenters. The Hall–Kier alpha value is -1.27. The van der Waals surface area contributed by atoms with Crippen LogP contribution in [0, 0.1) is 0 Å². The highest BCUT2D eigenvalue weighted by atomic mass is 32.1. The Kier molecular flexibility index (Phi) is 4.43. The zero-order valence-corrected chi connectivity index (χ0v) is 11.9. The van der Waals surface area contributed by atoms with E-state index >= 15 is 0 Å². The lowest BCUT2D eigenvalue weighted by Crippen LogP contribution is -2.21. The number of nitrogens with one attached hydrogen (secondary N) is 1. The molecule has 0 radical (unpaired) electrons. The quantitative estimate of drug-likeness (QED) is 0.868. The summed E-state index contributed by atoms with van der Waals surface area (Å²) < 4.78 is 6.11. The Morgan fingerprint density at radius 3 is 2.94 bits per heavy atom. The van der Waals surface area contributed by atoms with Gasteiger partial charge < -0.3 is 5.32 Å². The van der Waals surface area contributed by atoms with Gasteiger partial charge in [-0.15, -0.1) is 5.10 Å². The molecule has 0 saturated carbocycles. The molecule has 1 unspecified atom stereocenters. The summed E-state index contributed by atoms with van der Waals surface area (Å²) in [5.74, 6) is 0. The zero-order chi connectivity index (χ0) is 13.0. The van der Waals surface area contributed by atoms with Crippen LogP contribution in [0.15, 0.2) is 12.3 Å². The average molecular weight is 265 g/mol. The number of aryl methyl sites for hydroxylation is 2. The van der Waals surface area contributed by atoms with Gasteiger partial charge in [-0.05, 0) is 38.0 Å². The van der Waals surface area contributed by atoms with E-state index in [1.165, 1.54) is 22.1 Å². The first-order chi connectivity index (χ1) is 8.81. The SMILES string of the molecule is CCCc1nnsc1C(NC)c1ccnn1CC. The number of rotatable bonds is 6. The van der Waals surface area contributed by atoms with Gasteiger partial charge in [-0.3, -0.25) is 4.68 Å². The molecule has 0 aliphatic heterocycles. The van der Waals surface area contributed by atoms with Crippen LogP contribution >= 0.6 is 11.5 Å². The Morgan fingerprint density at radius 2 is 2.28 bits per heavy atom. The molecule has 0 aromatic carbocycles. The molecule has 0 saturated heterocycles. The molecule has 2 heterocycles. The first kappa shape index (κ1) is 13.2. The third-order valence-electron chi connectivity index (χ3n) is 2.97. The molecular weight excluding hydrogens is 246 g/mol. The zero-order valence-electron chi connectivity index (χ0n) is 11.1. The van der Waals surface area contributed by atoms with Crippen LogP contribution < -0.4 is 5.32 Å². The highest BCUT2D eigenvalue weighted by Gasteiger charge is 2.22. The fraction of sp³-hybridized carbons (Fsp3) is 0.583. The number of nitrogens with zero attached hydrogens (tertiary/aromatic N) is 4. The number of hydrogen-bond donors (Lipinski definition) is 1. The van der Waals surface area contributed by atoms with Crippen molar-refractivity contribution in [3.63, 3.8) is 0 Å². The molecule has 18 heavy (non-hydrogen) atoms. The molecule has 5 nitrogen and oxygen atoms in total. The van der Waals surface area contributed by atoms with Crippen molar-refractivity contribution in [2.45, 2.75) is 39.3 Å². The second kappa shape index (κ2) is 6.06. The molecule has 0 amide bonds. The average Bonchev–Trinajstić information content (AvgIpc) is 3.01. The van der Waals surface area contributed by atoms with Crippen molar-refractivity contribution in [2.75, 3.05) is 7.05 Å². The lowest BCUT2D eigenvalue weighted by Gasteiger charge is -2.16. The van der Waals surface area contributed by atoms with Gasteiger partial charge in [-0.25, -0.2) is 0 Å². The normalized spacial score (nSPS) is 12.8. The van der Waals surface area contributed by atoms with E-state index in [0.717, 1.165) is 25.1 Å². The summed E-state index contributed by atoms with van der Waals surface area (Å²) in [7, 11) is 1.97. The molecule has 0 aliphatic rings. The van der Waals surface area contributed by atoms with Gasteiger partial charge in [-0.1, -0.05) is 17.8 Å². The molecule has 98 valence electrons. The summed E-state index contributed by atoms with van der Waals surface area (Å²) in [6.45, 7) is 5.13. The Bertz CT molecular complexity index is 490. The van der Waals surface area contributed by atoms with Crippen molar-refractivity contribution >= 4 is 11.5 Å². The van der Waals surface area contributed by atoms with Crippen LogP contribution in [-0.4, -0.2) is 26.4 Å². The molecule has 0 aliphatic carbocycles. The number of hydrogen-bond acceptors (Lipinski definition) is 5. The standard InChI is InChI=1S/C12H19N5S/c1-4-6-9-12(18-16-15-9)11(13-3)10-7-8-14-17(10)5-2/h7-8,11,13H,4-6H2,1-3H3. The van der Waals surface area contributed by atoms with Gasteiger partial charge in [0.15, 0.2) is 0 Å². The third kappa shape index (κ3) is 2.44. The Balaban J connectivity index is 2.36. The summed E-state index contributed by atoms with van der Waals surface area (Å²) in [4.78, 5) is 1.20. The smallest absolute Gasteiger partial charge is 0.0874 e. The molecule has 0 spiro atoms. The van der Waals surface area contributed by atoms with Gasteiger partial charge >= 0.3 is 0 Å². The minimum atomic E-state index is 0.133. The van der Waals surface area contributed by atoms with Crippen LogP contribution in [-0.2, 0) is 13.0 Å². The first-order valence-corrected chi connectivity index (χ1v) is 7.09. The van der Waals surface area contributed by atoms with Gasteiger partial charge in [0.25, 0.3) is 0 Å². The van der Waals surface area contributed by atoms with Crippen LogP contribution in [0.4, 0.5) is 0 Å². The topological polar surface area (TPSA) is 55.6 Å². The van der Waals surface area contributed by atoms with Crippen molar-refractivity contribution in [1.82, 2.24) is 24.7 Å². The van der Waals surface area contributed by atoms with Crippen LogP contribution in [0.3, 0.4) is 0 Å². The van der Waals surface area contributed by atoms with E-state index in [2.05, 4.69) is 39.9 Å². The van der Waals surface area contributed by atoms with E-state index in [1.54, 1.807) is 0 Å². The van der Waals surface area contributed by atoms with Gasteiger partial charge in [0, 0.05) is 12.7 Å². The maximum absolute atomic E-state index is 4.33. The molecular formula is C12H19N5S. The second-order valence-electron chi connectivity index (χ2n) is 4.13. The lowest BCUT2D eigenvalue weighted by molar-refractivity contribution is 0.564. The van der Waals surface area contributed by atoms with Gasteiger partial charge in [-0.2, -0.15) is 5.10 Å². The van der Waals surface area contributed by atoms with E-state index in [0.29, 0.717) is 0 Å². The monoisotopic (exact) mass is 265 g/mol. The summed E-state index contributed by atoms with van der Waals surface area (Å²) in [5.41, 5.74) is 2.27. The minimum absolute atomic E-state index is 0.133. The fourth-order valence-electron chi connectivity index (χ4n) is 2.11. The largest absolute Gasteiger partial charge is 0.307 e. The third-order valence-corrected chi connectivity index (χ3v) is 3.80. The summed E-state index contributed by atoms with van der Waals surface area (Å²) in [5, 5.41) is 11.9. The van der Waals surface area contributed by atoms with Gasteiger partial charge in [0.05, 0.1) is 22.3 Å². The Morgan fingerprint density at radius 1 is 1.44 bits per heavy atom. The molecule has 0 bridgehead atoms. The maximum atomic E-state index is 4.33. The van der Waals surface area contributed by atoms with Gasteiger partial charge in [0.1, 0.15) is 0 Å². The molecule has 2 aromatic heterocycles. The van der Waals surface area contributed by atoms with Crippen LogP contribution in [0.1, 0.15) is 42.6 Å². The fourth-order valence-corrected chi connectivity index (χ4v) is 2.93. The van der Waals surface area contributed by atoms with E-state index < -0.39 is 0 Å². The van der Waals surface area contributed by atoms with Crippen molar-refractivity contribution in [3.05, 3.63) is 28.5 Å². The van der Waals surface area contributed by atoms with E-state index in [1.807, 2.05) is 17.9 Å². The molecule has 1 N–H and O–H groups in total. The van der Waals surface area contributed by atoms with Crippen LogP contribution in [0.5, 0.6) is 0 Å². The molecule has 2 aromatic rings. The molecule has 0 fully saturated rings. The first-order valence-electron chi connectivity index (χ1n) is 6.31. The summed E-state index contributed by atoms with van der Waals surface area (Å²) >= 11 is 1.47. The molecule has 2 rings (SSSR count). The van der Waals surface area contributed by atoms with Crippen molar-refractivity contribution in [2.24, 2.45) is 0 Å². The van der Waals surface area contributed by atoms with Crippen molar-refractivity contribution < 1.29 is 0 Å². The van der Waals surface area contributed by atoms with E-state index in [4.69, 9.17) is 0 Å². The highest BCUT2D eigenvalue weighted by molar-refractivity contribution is 7.05. The second-order valence-corrected chi connectivity index (χ2v) is 4.91. The highest BCUT2D eigenvalue weighted by Crippen LogP contribution is 2.27. The predicted molar refractivity (Wildman–Crippen MR) is 72.7 cm³/mol.